The molecular formula is C14H11BrCl2N2O2. The van der Waals surface area contributed by atoms with E-state index in [1.807, 2.05) is 12.1 Å². The number of benzene rings is 2. The molecule has 0 heterocycles. The number of hydrogen-bond acceptors (Lipinski definition) is 3. The summed E-state index contributed by atoms with van der Waals surface area (Å²) < 4.78 is 6.22. The van der Waals surface area contributed by atoms with Crippen LogP contribution in [0.5, 0.6) is 5.75 Å². The summed E-state index contributed by atoms with van der Waals surface area (Å²) >= 11 is 15.0. The fraction of sp³-hybridized carbons (Fsp3) is 0.0714. The largest absolute Gasteiger partial charge is 0.482 e. The van der Waals surface area contributed by atoms with Crippen molar-refractivity contribution in [2.45, 2.75) is 0 Å². The number of nitrogen functional groups attached to an aromatic ring is 1. The van der Waals surface area contributed by atoms with Crippen LogP contribution in [0.25, 0.3) is 0 Å². The van der Waals surface area contributed by atoms with E-state index in [9.17, 15) is 4.79 Å². The summed E-state index contributed by atoms with van der Waals surface area (Å²) in [4.78, 5) is 11.8. The van der Waals surface area contributed by atoms with E-state index >= 15 is 0 Å². The smallest absolute Gasteiger partial charge is 0.262 e. The first-order chi connectivity index (χ1) is 9.95. The highest BCUT2D eigenvalue weighted by atomic mass is 79.9. The first-order valence-electron chi connectivity index (χ1n) is 5.88. The van der Waals surface area contributed by atoms with Gasteiger partial charge in [0.15, 0.2) is 6.61 Å². The minimum Gasteiger partial charge on any atom is -0.482 e. The monoisotopic (exact) mass is 388 g/mol. The standard InChI is InChI=1S/C14H11BrCl2N2O2/c15-8-2-1-3-9(4-8)19-14(20)7-21-13-6-11(17)10(16)5-12(13)18/h1-6H,7,18H2,(H,19,20). The van der Waals surface area contributed by atoms with Gasteiger partial charge in [-0.15, -0.1) is 0 Å². The second-order valence-electron chi connectivity index (χ2n) is 4.15. The fourth-order valence-electron chi connectivity index (χ4n) is 1.58. The first kappa shape index (κ1) is 15.9. The van der Waals surface area contributed by atoms with Crippen molar-refractivity contribution in [3.63, 3.8) is 0 Å². The molecule has 0 saturated heterocycles. The summed E-state index contributed by atoms with van der Waals surface area (Å²) in [6.45, 7) is -0.186. The van der Waals surface area contributed by atoms with Crippen molar-refractivity contribution in [2.24, 2.45) is 0 Å². The van der Waals surface area contributed by atoms with E-state index in [0.29, 0.717) is 27.2 Å². The Balaban J connectivity index is 1.97. The molecule has 7 heteroatoms. The number of anilines is 2. The van der Waals surface area contributed by atoms with Crippen molar-refractivity contribution in [2.75, 3.05) is 17.7 Å². The van der Waals surface area contributed by atoms with Crippen molar-refractivity contribution in [3.8, 4) is 5.75 Å². The zero-order valence-electron chi connectivity index (χ0n) is 10.7. The van der Waals surface area contributed by atoms with Crippen molar-refractivity contribution in [1.29, 1.82) is 0 Å². The van der Waals surface area contributed by atoms with E-state index in [-0.39, 0.29) is 12.5 Å². The Morgan fingerprint density at radius 2 is 1.95 bits per heavy atom. The first-order valence-corrected chi connectivity index (χ1v) is 7.43. The van der Waals surface area contributed by atoms with Gasteiger partial charge in [-0.05, 0) is 24.3 Å². The molecule has 110 valence electrons. The van der Waals surface area contributed by atoms with E-state index in [4.69, 9.17) is 33.7 Å². The lowest BCUT2D eigenvalue weighted by atomic mass is 10.3. The van der Waals surface area contributed by atoms with E-state index in [1.165, 1.54) is 12.1 Å². The highest BCUT2D eigenvalue weighted by Gasteiger charge is 2.09. The van der Waals surface area contributed by atoms with Crippen LogP contribution in [-0.4, -0.2) is 12.5 Å². The van der Waals surface area contributed by atoms with E-state index in [1.54, 1.807) is 12.1 Å². The Morgan fingerprint density at radius 1 is 1.24 bits per heavy atom. The molecule has 0 unspecified atom stereocenters. The molecule has 0 fully saturated rings. The van der Waals surface area contributed by atoms with Crippen LogP contribution in [0.3, 0.4) is 0 Å². The molecule has 2 aromatic rings. The lowest BCUT2D eigenvalue weighted by Gasteiger charge is -2.10. The quantitative estimate of drug-likeness (QED) is 0.763. The molecule has 3 N–H and O–H groups in total. The van der Waals surface area contributed by atoms with Crippen LogP contribution in [-0.2, 0) is 4.79 Å². The number of nitrogens with two attached hydrogens (primary N) is 1. The molecule has 0 spiro atoms. The van der Waals surface area contributed by atoms with Gasteiger partial charge in [-0.1, -0.05) is 45.2 Å². The van der Waals surface area contributed by atoms with E-state index < -0.39 is 0 Å². The van der Waals surface area contributed by atoms with Crippen molar-refractivity contribution < 1.29 is 9.53 Å². The number of amides is 1. The maximum absolute atomic E-state index is 11.8. The predicted molar refractivity (Wildman–Crippen MR) is 89.1 cm³/mol. The van der Waals surface area contributed by atoms with Crippen LogP contribution in [0.1, 0.15) is 0 Å². The van der Waals surface area contributed by atoms with Crippen LogP contribution in [0.4, 0.5) is 11.4 Å². The Morgan fingerprint density at radius 3 is 2.67 bits per heavy atom. The number of ether oxygens (including phenoxy) is 1. The normalized spacial score (nSPS) is 10.2. The zero-order valence-corrected chi connectivity index (χ0v) is 13.8. The molecule has 2 aromatic carbocycles. The van der Waals surface area contributed by atoms with Gasteiger partial charge in [0.1, 0.15) is 5.75 Å². The third-order valence-electron chi connectivity index (χ3n) is 2.52. The Labute approximate surface area is 140 Å². The molecule has 0 aliphatic heterocycles. The van der Waals surface area contributed by atoms with Crippen LogP contribution < -0.4 is 15.8 Å². The molecule has 4 nitrogen and oxygen atoms in total. The average molecular weight is 390 g/mol. The maximum atomic E-state index is 11.8. The number of halogens is 3. The molecule has 0 radical (unpaired) electrons. The summed E-state index contributed by atoms with van der Waals surface area (Å²) in [6, 6.07) is 10.2. The van der Waals surface area contributed by atoms with Crippen molar-refractivity contribution >= 4 is 56.4 Å². The Bertz CT molecular complexity index is 680. The van der Waals surface area contributed by atoms with Crippen LogP contribution in [0.2, 0.25) is 10.0 Å². The number of rotatable bonds is 4. The van der Waals surface area contributed by atoms with Gasteiger partial charge in [0.05, 0.1) is 15.7 Å². The van der Waals surface area contributed by atoms with Gasteiger partial charge in [-0.25, -0.2) is 0 Å². The minimum atomic E-state index is -0.307. The third-order valence-corrected chi connectivity index (χ3v) is 3.74. The van der Waals surface area contributed by atoms with E-state index in [0.717, 1.165) is 4.47 Å². The van der Waals surface area contributed by atoms with Gasteiger partial charge in [0, 0.05) is 16.2 Å². The maximum Gasteiger partial charge on any atom is 0.262 e. The van der Waals surface area contributed by atoms with Crippen LogP contribution >= 0.6 is 39.1 Å². The lowest BCUT2D eigenvalue weighted by molar-refractivity contribution is -0.118. The van der Waals surface area contributed by atoms with E-state index in [2.05, 4.69) is 21.2 Å². The second kappa shape index (κ2) is 7.02. The molecule has 0 saturated carbocycles. The van der Waals surface area contributed by atoms with Gasteiger partial charge >= 0.3 is 0 Å². The third kappa shape index (κ3) is 4.52. The highest BCUT2D eigenvalue weighted by Crippen LogP contribution is 2.32. The Kier molecular flexibility index (Phi) is 5.33. The topological polar surface area (TPSA) is 64.3 Å². The molecule has 0 aliphatic rings. The predicted octanol–water partition coefficient (Wildman–Crippen LogP) is 4.36. The molecule has 0 aromatic heterocycles. The minimum absolute atomic E-state index is 0.186. The highest BCUT2D eigenvalue weighted by molar-refractivity contribution is 9.10. The summed E-state index contributed by atoms with van der Waals surface area (Å²) in [6.07, 6.45) is 0. The fourth-order valence-corrected chi connectivity index (χ4v) is 2.30. The molecule has 2 rings (SSSR count). The van der Waals surface area contributed by atoms with Crippen LogP contribution in [0.15, 0.2) is 40.9 Å². The van der Waals surface area contributed by atoms with Gasteiger partial charge < -0.3 is 15.8 Å². The molecule has 1 amide bonds. The van der Waals surface area contributed by atoms with Gasteiger partial charge in [-0.3, -0.25) is 4.79 Å². The molecule has 0 aliphatic carbocycles. The number of carbonyl (C=O) groups excluding carboxylic acids is 1. The van der Waals surface area contributed by atoms with Gasteiger partial charge in [0.25, 0.3) is 5.91 Å². The summed E-state index contributed by atoms with van der Waals surface area (Å²) in [5.74, 6) is 0.00682. The summed E-state index contributed by atoms with van der Waals surface area (Å²) in [5, 5.41) is 3.35. The number of carbonyl (C=O) groups is 1. The summed E-state index contributed by atoms with van der Waals surface area (Å²) in [7, 11) is 0. The number of nitrogens with one attached hydrogen (secondary N) is 1. The SMILES string of the molecule is Nc1cc(Cl)c(Cl)cc1OCC(=O)Nc1cccc(Br)c1. The molecule has 0 bridgehead atoms. The van der Waals surface area contributed by atoms with Crippen molar-refractivity contribution in [1.82, 2.24) is 0 Å². The lowest BCUT2D eigenvalue weighted by Crippen LogP contribution is -2.20. The average Bonchev–Trinajstić information content (AvgIpc) is 2.41. The van der Waals surface area contributed by atoms with Gasteiger partial charge in [0.2, 0.25) is 0 Å². The second-order valence-corrected chi connectivity index (χ2v) is 5.88. The zero-order chi connectivity index (χ0) is 15.4. The molecule has 21 heavy (non-hydrogen) atoms. The van der Waals surface area contributed by atoms with Crippen LogP contribution in [0, 0.1) is 0 Å². The van der Waals surface area contributed by atoms with Crippen molar-refractivity contribution in [3.05, 3.63) is 50.9 Å². The molecular weight excluding hydrogens is 379 g/mol. The molecule has 0 atom stereocenters. The summed E-state index contributed by atoms with van der Waals surface area (Å²) in [5.41, 5.74) is 6.73. The Hall–Kier alpha value is -1.43. The number of hydrogen-bond donors (Lipinski definition) is 2. The van der Waals surface area contributed by atoms with Gasteiger partial charge in [-0.2, -0.15) is 0 Å².